The Bertz CT molecular complexity index is 234. The second-order valence-corrected chi connectivity index (χ2v) is 2.56. The molecule has 0 aliphatic carbocycles. The number of hydrogen-bond donors (Lipinski definition) is 0. The maximum Gasteiger partial charge on any atom is 0.233 e. The highest BCUT2D eigenvalue weighted by Gasteiger charge is 1.94. The van der Waals surface area contributed by atoms with Crippen LogP contribution in [0.1, 0.15) is 0 Å². The zero-order valence-electron chi connectivity index (χ0n) is 5.46. The van der Waals surface area contributed by atoms with Gasteiger partial charge in [-0.2, -0.15) is 4.89 Å². The van der Waals surface area contributed by atoms with Gasteiger partial charge >= 0.3 is 0 Å². The fourth-order valence-electron chi connectivity index (χ4n) is 0.528. The van der Waals surface area contributed by atoms with E-state index >= 15 is 0 Å². The second-order valence-electron chi connectivity index (χ2n) is 1.65. The number of pyridine rings is 1. The maximum atomic E-state index is 11.4. The summed E-state index contributed by atoms with van der Waals surface area (Å²) in [5, 5.41) is 0. The molecule has 0 saturated heterocycles. The Kier molecular flexibility index (Phi) is 3.25. The molecule has 0 spiro atoms. The van der Waals surface area contributed by atoms with E-state index in [4.69, 9.17) is 0 Å². The first kappa shape index (κ1) is 8.42. The van der Waals surface area contributed by atoms with Gasteiger partial charge in [-0.1, -0.05) is 0 Å². The predicted molar refractivity (Wildman–Crippen MR) is 39.6 cm³/mol. The van der Waals surface area contributed by atoms with E-state index in [1.54, 1.807) is 12.3 Å². The molecule has 0 fully saturated rings. The van der Waals surface area contributed by atoms with Gasteiger partial charge in [-0.3, -0.25) is 4.98 Å². The molecule has 0 radical (unpaired) electrons. The summed E-state index contributed by atoms with van der Waals surface area (Å²) in [5.74, 6) is 0.358. The van der Waals surface area contributed by atoms with Gasteiger partial charge < -0.3 is 4.89 Å². The van der Waals surface area contributed by atoms with Crippen LogP contribution < -0.4 is 4.89 Å². The normalized spacial score (nSPS) is 9.64. The first-order chi connectivity index (χ1) is 5.33. The molecule has 11 heavy (non-hydrogen) atoms. The Morgan fingerprint density at radius 1 is 1.55 bits per heavy atom. The maximum absolute atomic E-state index is 11.4. The summed E-state index contributed by atoms with van der Waals surface area (Å²) in [6, 6.07) is 1.61. The van der Waals surface area contributed by atoms with E-state index in [9.17, 15) is 4.39 Å². The predicted octanol–water partition coefficient (Wildman–Crippen LogP) is 2.08. The minimum Gasteiger partial charge on any atom is -0.333 e. The lowest BCUT2D eigenvalue weighted by Gasteiger charge is -1.99. The molecule has 0 amide bonds. The smallest absolute Gasteiger partial charge is 0.233 e. The van der Waals surface area contributed by atoms with Crippen LogP contribution in [0.3, 0.4) is 0 Å². The van der Waals surface area contributed by atoms with Crippen LogP contribution in [0.15, 0.2) is 22.9 Å². The van der Waals surface area contributed by atoms with Gasteiger partial charge in [0, 0.05) is 16.7 Å². The van der Waals surface area contributed by atoms with Gasteiger partial charge in [-0.25, -0.2) is 4.39 Å². The standard InChI is InChI=1S/C6H5BrFNO2/c7-5-1-6(3-9-2-5)11-10-4-8/h1-3H,4H2. The van der Waals surface area contributed by atoms with Gasteiger partial charge in [-0.05, 0) is 15.9 Å². The van der Waals surface area contributed by atoms with Gasteiger partial charge in [0.25, 0.3) is 0 Å². The average molecular weight is 222 g/mol. The highest BCUT2D eigenvalue weighted by Crippen LogP contribution is 2.15. The summed E-state index contributed by atoms with van der Waals surface area (Å²) in [5.41, 5.74) is 0. The fourth-order valence-corrected chi connectivity index (χ4v) is 0.872. The van der Waals surface area contributed by atoms with Crippen molar-refractivity contribution in [2.45, 2.75) is 0 Å². The summed E-state index contributed by atoms with van der Waals surface area (Å²) in [4.78, 5) is 12.3. The van der Waals surface area contributed by atoms with Gasteiger partial charge in [0.15, 0.2) is 5.75 Å². The minimum atomic E-state index is -0.980. The molecule has 1 heterocycles. The first-order valence-electron chi connectivity index (χ1n) is 2.79. The summed E-state index contributed by atoms with van der Waals surface area (Å²) in [6.45, 7) is -0.980. The number of halogens is 2. The zero-order valence-corrected chi connectivity index (χ0v) is 7.04. The van der Waals surface area contributed by atoms with E-state index in [-0.39, 0.29) is 0 Å². The third-order valence-electron chi connectivity index (χ3n) is 0.879. The molecule has 1 aromatic rings. The number of nitrogens with zero attached hydrogens (tertiary/aromatic N) is 1. The third-order valence-corrected chi connectivity index (χ3v) is 1.31. The molecular weight excluding hydrogens is 217 g/mol. The molecule has 0 bridgehead atoms. The SMILES string of the molecule is FCOOc1cncc(Br)c1. The number of alkyl halides is 1. The number of hydrogen-bond acceptors (Lipinski definition) is 3. The van der Waals surface area contributed by atoms with E-state index in [0.717, 1.165) is 4.47 Å². The topological polar surface area (TPSA) is 31.4 Å². The monoisotopic (exact) mass is 221 g/mol. The van der Waals surface area contributed by atoms with Crippen LogP contribution in [0.4, 0.5) is 4.39 Å². The zero-order chi connectivity index (χ0) is 8.10. The van der Waals surface area contributed by atoms with Crippen molar-refractivity contribution in [1.82, 2.24) is 4.98 Å². The van der Waals surface area contributed by atoms with Crippen LogP contribution in [-0.4, -0.2) is 11.8 Å². The Labute approximate surface area is 71.2 Å². The van der Waals surface area contributed by atoms with Crippen molar-refractivity contribution in [3.8, 4) is 5.75 Å². The van der Waals surface area contributed by atoms with Gasteiger partial charge in [0.2, 0.25) is 6.86 Å². The van der Waals surface area contributed by atoms with E-state index in [1.807, 2.05) is 0 Å². The van der Waals surface area contributed by atoms with Gasteiger partial charge in [0.05, 0.1) is 6.20 Å². The molecule has 0 N–H and O–H groups in total. The van der Waals surface area contributed by atoms with Crippen LogP contribution >= 0.6 is 15.9 Å². The first-order valence-corrected chi connectivity index (χ1v) is 3.58. The fraction of sp³-hybridized carbons (Fsp3) is 0.167. The highest BCUT2D eigenvalue weighted by atomic mass is 79.9. The van der Waals surface area contributed by atoms with Crippen molar-refractivity contribution in [3.63, 3.8) is 0 Å². The summed E-state index contributed by atoms with van der Waals surface area (Å²) in [7, 11) is 0. The molecule has 1 rings (SSSR count). The number of rotatable bonds is 3. The lowest BCUT2D eigenvalue weighted by Crippen LogP contribution is -1.94. The quantitative estimate of drug-likeness (QED) is 0.579. The molecule has 60 valence electrons. The molecule has 0 aromatic carbocycles. The molecular formula is C6H5BrFNO2. The molecule has 5 heteroatoms. The van der Waals surface area contributed by atoms with Crippen molar-refractivity contribution in [2.24, 2.45) is 0 Å². The van der Waals surface area contributed by atoms with Crippen LogP contribution in [0, 0.1) is 0 Å². The second kappa shape index (κ2) is 4.25. The Morgan fingerprint density at radius 3 is 3.00 bits per heavy atom. The molecule has 1 aromatic heterocycles. The van der Waals surface area contributed by atoms with E-state index in [1.165, 1.54) is 6.20 Å². The lowest BCUT2D eigenvalue weighted by molar-refractivity contribution is -0.234. The van der Waals surface area contributed by atoms with E-state index in [0.29, 0.717) is 5.75 Å². The van der Waals surface area contributed by atoms with Crippen molar-refractivity contribution in [3.05, 3.63) is 22.9 Å². The summed E-state index contributed by atoms with van der Waals surface area (Å²) < 4.78 is 12.1. The van der Waals surface area contributed by atoms with E-state index in [2.05, 4.69) is 30.7 Å². The molecule has 0 atom stereocenters. The third kappa shape index (κ3) is 2.81. The molecule has 3 nitrogen and oxygen atoms in total. The van der Waals surface area contributed by atoms with Gasteiger partial charge in [0.1, 0.15) is 0 Å². The number of aromatic nitrogens is 1. The molecule has 0 saturated carbocycles. The van der Waals surface area contributed by atoms with Gasteiger partial charge in [-0.15, -0.1) is 0 Å². The summed E-state index contributed by atoms with van der Waals surface area (Å²) >= 11 is 3.16. The Hall–Kier alpha value is -0.680. The average Bonchev–Trinajstić information content (AvgIpc) is 2.01. The molecule has 0 aliphatic rings. The largest absolute Gasteiger partial charge is 0.333 e. The van der Waals surface area contributed by atoms with Crippen molar-refractivity contribution < 1.29 is 14.2 Å². The van der Waals surface area contributed by atoms with Crippen LogP contribution in [0.25, 0.3) is 0 Å². The van der Waals surface area contributed by atoms with Crippen molar-refractivity contribution >= 4 is 15.9 Å². The van der Waals surface area contributed by atoms with Crippen molar-refractivity contribution in [2.75, 3.05) is 6.86 Å². The van der Waals surface area contributed by atoms with Crippen molar-refractivity contribution in [1.29, 1.82) is 0 Å². The Balaban J connectivity index is 2.56. The summed E-state index contributed by atoms with van der Waals surface area (Å²) in [6.07, 6.45) is 3.00. The lowest BCUT2D eigenvalue weighted by atomic mass is 10.5. The van der Waals surface area contributed by atoms with Crippen LogP contribution in [0.5, 0.6) is 5.75 Å². The Morgan fingerprint density at radius 2 is 2.36 bits per heavy atom. The van der Waals surface area contributed by atoms with Crippen LogP contribution in [-0.2, 0) is 4.89 Å². The minimum absolute atomic E-state index is 0.358. The van der Waals surface area contributed by atoms with E-state index < -0.39 is 6.86 Å². The highest BCUT2D eigenvalue weighted by molar-refractivity contribution is 9.10. The molecule has 0 unspecified atom stereocenters. The van der Waals surface area contributed by atoms with Crippen LogP contribution in [0.2, 0.25) is 0 Å². The molecule has 0 aliphatic heterocycles.